The first kappa shape index (κ1) is 13.7. The van der Waals surface area contributed by atoms with Crippen molar-refractivity contribution in [3.8, 4) is 11.5 Å². The van der Waals surface area contributed by atoms with Crippen LogP contribution >= 0.6 is 11.8 Å². The summed E-state index contributed by atoms with van der Waals surface area (Å²) in [6.45, 7) is 2.04. The number of ether oxygens (including phenoxy) is 2. The van der Waals surface area contributed by atoms with Gasteiger partial charge in [-0.15, -0.1) is 5.10 Å². The van der Waals surface area contributed by atoms with Crippen molar-refractivity contribution in [2.45, 2.75) is 24.3 Å². The highest BCUT2D eigenvalue weighted by molar-refractivity contribution is 7.98. The maximum Gasteiger partial charge on any atom is 0.208 e. The Morgan fingerprint density at radius 2 is 2.11 bits per heavy atom. The molecule has 0 amide bonds. The van der Waals surface area contributed by atoms with Crippen molar-refractivity contribution in [1.29, 1.82) is 0 Å². The van der Waals surface area contributed by atoms with Gasteiger partial charge in [0, 0.05) is 17.7 Å². The van der Waals surface area contributed by atoms with E-state index in [1.165, 1.54) is 0 Å². The largest absolute Gasteiger partial charge is 0.497 e. The van der Waals surface area contributed by atoms with E-state index in [-0.39, 0.29) is 0 Å². The van der Waals surface area contributed by atoms with Crippen molar-refractivity contribution in [3.63, 3.8) is 0 Å². The molecule has 0 bridgehead atoms. The zero-order chi connectivity index (χ0) is 13.7. The highest BCUT2D eigenvalue weighted by atomic mass is 32.2. The van der Waals surface area contributed by atoms with Crippen molar-refractivity contribution in [2.75, 3.05) is 14.2 Å². The summed E-state index contributed by atoms with van der Waals surface area (Å²) >= 11 is 1.57. The third-order valence-corrected chi connectivity index (χ3v) is 3.59. The highest BCUT2D eigenvalue weighted by Gasteiger charge is 2.08. The second-order valence-corrected chi connectivity index (χ2v) is 4.83. The van der Waals surface area contributed by atoms with Crippen molar-refractivity contribution >= 4 is 11.8 Å². The summed E-state index contributed by atoms with van der Waals surface area (Å²) < 4.78 is 10.6. The van der Waals surface area contributed by atoms with E-state index in [9.17, 15) is 0 Å². The number of hydrogen-bond acceptors (Lipinski definition) is 5. The molecule has 0 atom stereocenters. The van der Waals surface area contributed by atoms with Gasteiger partial charge in [0.1, 0.15) is 17.3 Å². The fraction of sp³-hybridized carbons (Fsp3) is 0.385. The van der Waals surface area contributed by atoms with E-state index in [0.29, 0.717) is 0 Å². The number of H-pyrrole nitrogens is 1. The molecule has 1 aromatic carbocycles. The molecular weight excluding hydrogens is 262 g/mol. The summed E-state index contributed by atoms with van der Waals surface area (Å²) in [5.74, 6) is 3.31. The van der Waals surface area contributed by atoms with Gasteiger partial charge in [0.25, 0.3) is 0 Å². The monoisotopic (exact) mass is 279 g/mol. The molecule has 0 aliphatic heterocycles. The van der Waals surface area contributed by atoms with Crippen LogP contribution in [-0.2, 0) is 12.2 Å². The van der Waals surface area contributed by atoms with Crippen molar-refractivity contribution in [3.05, 3.63) is 29.6 Å². The van der Waals surface area contributed by atoms with Crippen LogP contribution in [0.5, 0.6) is 11.5 Å². The van der Waals surface area contributed by atoms with Crippen molar-refractivity contribution in [2.24, 2.45) is 0 Å². The Morgan fingerprint density at radius 3 is 2.74 bits per heavy atom. The normalized spacial score (nSPS) is 10.5. The van der Waals surface area contributed by atoms with E-state index in [1.807, 2.05) is 25.1 Å². The topological polar surface area (TPSA) is 60.0 Å². The molecule has 0 spiro atoms. The van der Waals surface area contributed by atoms with Gasteiger partial charge in [-0.1, -0.05) is 18.7 Å². The zero-order valence-electron chi connectivity index (χ0n) is 11.3. The zero-order valence-corrected chi connectivity index (χ0v) is 12.1. The lowest BCUT2D eigenvalue weighted by Crippen LogP contribution is -1.92. The average Bonchev–Trinajstić information content (AvgIpc) is 2.92. The van der Waals surface area contributed by atoms with Crippen LogP contribution in [0.15, 0.2) is 23.4 Å². The van der Waals surface area contributed by atoms with E-state index in [2.05, 4.69) is 15.2 Å². The van der Waals surface area contributed by atoms with Gasteiger partial charge in [-0.2, -0.15) is 0 Å². The van der Waals surface area contributed by atoms with Crippen LogP contribution in [0.25, 0.3) is 0 Å². The first-order valence-electron chi connectivity index (χ1n) is 6.01. The summed E-state index contributed by atoms with van der Waals surface area (Å²) in [4.78, 5) is 4.37. The van der Waals surface area contributed by atoms with Crippen LogP contribution in [0.1, 0.15) is 18.3 Å². The van der Waals surface area contributed by atoms with Crippen LogP contribution in [-0.4, -0.2) is 29.4 Å². The van der Waals surface area contributed by atoms with Gasteiger partial charge in [0.2, 0.25) is 5.16 Å². The van der Waals surface area contributed by atoms with Gasteiger partial charge in [-0.25, -0.2) is 4.98 Å². The Balaban J connectivity index is 2.09. The number of thioether (sulfide) groups is 1. The van der Waals surface area contributed by atoms with Gasteiger partial charge in [-0.3, -0.25) is 5.10 Å². The first-order valence-corrected chi connectivity index (χ1v) is 7.00. The summed E-state index contributed by atoms with van der Waals surface area (Å²) in [5, 5.41) is 7.81. The Kier molecular flexibility index (Phi) is 4.68. The number of aromatic nitrogens is 3. The van der Waals surface area contributed by atoms with E-state index >= 15 is 0 Å². The predicted molar refractivity (Wildman–Crippen MR) is 74.9 cm³/mol. The molecule has 0 saturated heterocycles. The molecule has 0 saturated carbocycles. The van der Waals surface area contributed by atoms with E-state index in [0.717, 1.165) is 40.2 Å². The predicted octanol–water partition coefficient (Wildman–Crippen LogP) is 2.68. The second-order valence-electron chi connectivity index (χ2n) is 3.88. The quantitative estimate of drug-likeness (QED) is 0.824. The first-order chi connectivity index (χ1) is 9.26. The van der Waals surface area contributed by atoms with E-state index < -0.39 is 0 Å². The summed E-state index contributed by atoms with van der Waals surface area (Å²) in [7, 11) is 3.32. The molecular formula is C13H17N3O2S. The molecule has 5 nitrogen and oxygen atoms in total. The molecule has 0 unspecified atom stereocenters. The van der Waals surface area contributed by atoms with Gasteiger partial charge in [0.15, 0.2) is 0 Å². The van der Waals surface area contributed by atoms with Gasteiger partial charge < -0.3 is 9.47 Å². The Labute approximate surface area is 116 Å². The molecule has 6 heteroatoms. The third kappa shape index (κ3) is 3.41. The molecule has 1 heterocycles. The number of aromatic amines is 1. The van der Waals surface area contributed by atoms with Crippen molar-refractivity contribution < 1.29 is 9.47 Å². The smallest absolute Gasteiger partial charge is 0.208 e. The Morgan fingerprint density at radius 1 is 1.26 bits per heavy atom. The Bertz CT molecular complexity index is 542. The SMILES string of the molecule is CCc1nc(SCc2cc(OC)ccc2OC)n[nH]1. The number of aryl methyl sites for hydroxylation is 1. The lowest BCUT2D eigenvalue weighted by molar-refractivity contribution is 0.400. The minimum atomic E-state index is 0.737. The summed E-state index contributed by atoms with van der Waals surface area (Å²) in [6, 6.07) is 5.76. The fourth-order valence-electron chi connectivity index (χ4n) is 1.64. The molecule has 0 radical (unpaired) electrons. The maximum atomic E-state index is 5.34. The molecule has 0 aliphatic rings. The molecule has 19 heavy (non-hydrogen) atoms. The number of nitrogens with one attached hydrogen (secondary N) is 1. The van der Waals surface area contributed by atoms with E-state index in [1.54, 1.807) is 26.0 Å². The molecule has 2 aromatic rings. The summed E-state index contributed by atoms with van der Waals surface area (Å²) in [5.41, 5.74) is 1.06. The molecule has 2 rings (SSSR count). The number of nitrogens with zero attached hydrogens (tertiary/aromatic N) is 2. The van der Waals surface area contributed by atoms with Crippen LogP contribution in [0, 0.1) is 0 Å². The average molecular weight is 279 g/mol. The maximum absolute atomic E-state index is 5.34. The lowest BCUT2D eigenvalue weighted by Gasteiger charge is -2.09. The fourth-order valence-corrected chi connectivity index (χ4v) is 2.43. The highest BCUT2D eigenvalue weighted by Crippen LogP contribution is 2.29. The number of benzene rings is 1. The van der Waals surface area contributed by atoms with Crippen molar-refractivity contribution in [1.82, 2.24) is 15.2 Å². The van der Waals surface area contributed by atoms with Gasteiger partial charge in [0.05, 0.1) is 14.2 Å². The molecule has 102 valence electrons. The number of rotatable bonds is 6. The van der Waals surface area contributed by atoms with Crippen LogP contribution in [0.2, 0.25) is 0 Å². The lowest BCUT2D eigenvalue weighted by atomic mass is 10.2. The molecule has 0 aliphatic carbocycles. The standard InChI is InChI=1S/C13H17N3O2S/c1-4-12-14-13(16-15-12)19-8-9-7-10(17-2)5-6-11(9)18-3/h5-7H,4,8H2,1-3H3,(H,14,15,16). The van der Waals surface area contributed by atoms with Crippen LogP contribution in [0.4, 0.5) is 0 Å². The number of methoxy groups -OCH3 is 2. The minimum absolute atomic E-state index is 0.737. The minimum Gasteiger partial charge on any atom is -0.497 e. The van der Waals surface area contributed by atoms with Gasteiger partial charge >= 0.3 is 0 Å². The second kappa shape index (κ2) is 6.47. The van der Waals surface area contributed by atoms with Gasteiger partial charge in [-0.05, 0) is 18.2 Å². The van der Waals surface area contributed by atoms with Crippen LogP contribution < -0.4 is 9.47 Å². The summed E-state index contributed by atoms with van der Waals surface area (Å²) in [6.07, 6.45) is 0.857. The third-order valence-electron chi connectivity index (χ3n) is 2.69. The van der Waals surface area contributed by atoms with Crippen LogP contribution in [0.3, 0.4) is 0 Å². The molecule has 0 fully saturated rings. The van der Waals surface area contributed by atoms with E-state index in [4.69, 9.17) is 9.47 Å². The number of hydrogen-bond donors (Lipinski definition) is 1. The molecule has 1 N–H and O–H groups in total. The molecule has 1 aromatic heterocycles. The Hall–Kier alpha value is -1.69.